The average Bonchev–Trinajstić information content (AvgIpc) is 2.67. The van der Waals surface area contributed by atoms with Crippen LogP contribution in [0.25, 0.3) is 0 Å². The Morgan fingerprint density at radius 2 is 1.55 bits per heavy atom. The minimum absolute atomic E-state index is 0.333. The Bertz CT molecular complexity index is 471. The molecule has 5 heteroatoms. The van der Waals surface area contributed by atoms with Gasteiger partial charge in [0.2, 0.25) is 0 Å². The van der Waals surface area contributed by atoms with E-state index in [1.165, 1.54) is 0 Å². The summed E-state index contributed by atoms with van der Waals surface area (Å²) in [4.78, 5) is 0. The Balaban J connectivity index is 2.03. The molecule has 22 heavy (non-hydrogen) atoms. The van der Waals surface area contributed by atoms with Crippen molar-refractivity contribution in [2.75, 3.05) is 19.8 Å². The third-order valence-corrected chi connectivity index (χ3v) is 4.40. The van der Waals surface area contributed by atoms with Gasteiger partial charge in [0.15, 0.2) is 0 Å². The number of hydrogen-bond donors (Lipinski definition) is 0. The lowest BCUT2D eigenvalue weighted by molar-refractivity contribution is 0.00578. The summed E-state index contributed by atoms with van der Waals surface area (Å²) in [6, 6.07) is 8.12. The van der Waals surface area contributed by atoms with Crippen LogP contribution >= 0.6 is 0 Å². The maximum Gasteiger partial charge on any atom is 0.495 e. The monoisotopic (exact) mass is 306 g/mol. The van der Waals surface area contributed by atoms with Crippen molar-refractivity contribution < 1.29 is 18.8 Å². The summed E-state index contributed by atoms with van der Waals surface area (Å²) in [6.45, 7) is 12.7. The maximum atomic E-state index is 6.13. The number of ether oxygens (including phenoxy) is 2. The molecule has 1 aliphatic heterocycles. The van der Waals surface area contributed by atoms with Gasteiger partial charge in [0.05, 0.1) is 31.0 Å². The highest BCUT2D eigenvalue weighted by Crippen LogP contribution is 2.36. The maximum absolute atomic E-state index is 6.13. The Morgan fingerprint density at radius 1 is 0.955 bits per heavy atom. The number of hydrogen-bond acceptors (Lipinski definition) is 4. The highest BCUT2D eigenvalue weighted by molar-refractivity contribution is 6.62. The van der Waals surface area contributed by atoms with Crippen LogP contribution in [0.4, 0.5) is 0 Å². The molecule has 0 atom stereocenters. The zero-order valence-corrected chi connectivity index (χ0v) is 14.3. The van der Waals surface area contributed by atoms with Crippen molar-refractivity contribution in [3.05, 3.63) is 29.8 Å². The van der Waals surface area contributed by atoms with E-state index in [0.29, 0.717) is 26.4 Å². The molecule has 1 saturated heterocycles. The molecule has 0 aliphatic carbocycles. The molecule has 0 spiro atoms. The van der Waals surface area contributed by atoms with Crippen molar-refractivity contribution in [1.82, 2.24) is 0 Å². The second-order valence-electron chi connectivity index (χ2n) is 6.54. The molecule has 0 unspecified atom stereocenters. The number of rotatable bonds is 7. The third-order valence-electron chi connectivity index (χ3n) is 4.40. The highest BCUT2D eigenvalue weighted by Gasteiger charge is 2.52. The van der Waals surface area contributed by atoms with E-state index in [1.54, 1.807) is 0 Å². The first kappa shape index (κ1) is 17.5. The highest BCUT2D eigenvalue weighted by atomic mass is 16.7. The molecule has 0 radical (unpaired) electrons. The van der Waals surface area contributed by atoms with Gasteiger partial charge in [-0.1, -0.05) is 24.3 Å². The summed E-state index contributed by atoms with van der Waals surface area (Å²) in [5.41, 5.74) is 1.47. The molecule has 2 rings (SSSR count). The predicted octanol–water partition coefficient (Wildman–Crippen LogP) is 2.54. The second-order valence-corrected chi connectivity index (χ2v) is 6.54. The summed E-state index contributed by atoms with van der Waals surface area (Å²) in [5.74, 6) is 0. The van der Waals surface area contributed by atoms with Crippen molar-refractivity contribution in [1.29, 1.82) is 0 Å². The van der Waals surface area contributed by atoms with E-state index in [-0.39, 0.29) is 18.3 Å². The lowest BCUT2D eigenvalue weighted by Crippen LogP contribution is -2.41. The van der Waals surface area contributed by atoms with Crippen molar-refractivity contribution in [2.24, 2.45) is 0 Å². The molecule has 0 N–H and O–H groups in total. The molecule has 0 bridgehead atoms. The minimum atomic E-state index is -0.350. The second kappa shape index (κ2) is 7.13. The van der Waals surface area contributed by atoms with Gasteiger partial charge in [-0.15, -0.1) is 0 Å². The molecule has 4 nitrogen and oxygen atoms in total. The average molecular weight is 306 g/mol. The predicted molar refractivity (Wildman–Crippen MR) is 88.3 cm³/mol. The van der Waals surface area contributed by atoms with Crippen LogP contribution < -0.4 is 5.46 Å². The number of benzene rings is 1. The van der Waals surface area contributed by atoms with Gasteiger partial charge in [-0.05, 0) is 45.6 Å². The van der Waals surface area contributed by atoms with Gasteiger partial charge in [-0.3, -0.25) is 0 Å². The van der Waals surface area contributed by atoms with Crippen LogP contribution in [0.2, 0.25) is 0 Å². The van der Waals surface area contributed by atoms with E-state index in [4.69, 9.17) is 18.8 Å². The van der Waals surface area contributed by atoms with E-state index in [2.05, 4.69) is 33.8 Å². The Kier molecular flexibility index (Phi) is 5.67. The molecule has 0 aromatic heterocycles. The van der Waals surface area contributed by atoms with Crippen LogP contribution in [0.5, 0.6) is 0 Å². The molecule has 1 aromatic rings. The standard InChI is InChI=1S/C17H27BO4/c1-6-19-11-12-20-13-14-9-7-8-10-15(14)18-21-16(2,3)17(4,5)22-18/h7-10H,6,11-13H2,1-5H3. The summed E-state index contributed by atoms with van der Waals surface area (Å²) in [7, 11) is -0.350. The minimum Gasteiger partial charge on any atom is -0.399 e. The Morgan fingerprint density at radius 3 is 2.18 bits per heavy atom. The van der Waals surface area contributed by atoms with E-state index in [9.17, 15) is 0 Å². The smallest absolute Gasteiger partial charge is 0.399 e. The molecule has 1 aromatic carbocycles. The van der Waals surface area contributed by atoms with Crippen LogP contribution in [0.3, 0.4) is 0 Å². The van der Waals surface area contributed by atoms with Crippen LogP contribution in [0.1, 0.15) is 40.2 Å². The summed E-state index contributed by atoms with van der Waals surface area (Å²) >= 11 is 0. The van der Waals surface area contributed by atoms with E-state index < -0.39 is 0 Å². The third kappa shape index (κ3) is 3.90. The van der Waals surface area contributed by atoms with E-state index in [0.717, 1.165) is 11.0 Å². The van der Waals surface area contributed by atoms with Crippen molar-refractivity contribution >= 4 is 12.6 Å². The van der Waals surface area contributed by atoms with Gasteiger partial charge >= 0.3 is 7.12 Å². The van der Waals surface area contributed by atoms with Crippen molar-refractivity contribution in [3.8, 4) is 0 Å². The van der Waals surface area contributed by atoms with Crippen LogP contribution in [0.15, 0.2) is 24.3 Å². The fourth-order valence-electron chi connectivity index (χ4n) is 2.31. The van der Waals surface area contributed by atoms with Crippen LogP contribution in [0, 0.1) is 0 Å². The van der Waals surface area contributed by atoms with Gasteiger partial charge in [0.1, 0.15) is 0 Å². The summed E-state index contributed by atoms with van der Waals surface area (Å²) in [5, 5.41) is 0. The van der Waals surface area contributed by atoms with Crippen LogP contribution in [-0.4, -0.2) is 38.1 Å². The van der Waals surface area contributed by atoms with Gasteiger partial charge in [0.25, 0.3) is 0 Å². The molecule has 1 fully saturated rings. The van der Waals surface area contributed by atoms with Gasteiger partial charge < -0.3 is 18.8 Å². The molecule has 0 saturated carbocycles. The van der Waals surface area contributed by atoms with Gasteiger partial charge in [0, 0.05) is 6.61 Å². The SMILES string of the molecule is CCOCCOCc1ccccc1B1OC(C)(C)C(C)(C)O1. The first-order valence-electron chi connectivity index (χ1n) is 7.96. The fraction of sp³-hybridized carbons (Fsp3) is 0.647. The summed E-state index contributed by atoms with van der Waals surface area (Å²) < 4.78 is 23.2. The molecule has 1 heterocycles. The zero-order chi connectivity index (χ0) is 16.2. The molecule has 0 amide bonds. The topological polar surface area (TPSA) is 36.9 Å². The lowest BCUT2D eigenvalue weighted by Gasteiger charge is -2.32. The molecular formula is C17H27BO4. The normalized spacial score (nSPS) is 19.6. The molecule has 122 valence electrons. The molecular weight excluding hydrogens is 279 g/mol. The Hall–Kier alpha value is -0.875. The fourth-order valence-corrected chi connectivity index (χ4v) is 2.31. The van der Waals surface area contributed by atoms with E-state index >= 15 is 0 Å². The Labute approximate surface area is 134 Å². The largest absolute Gasteiger partial charge is 0.495 e. The lowest BCUT2D eigenvalue weighted by atomic mass is 9.76. The first-order chi connectivity index (χ1) is 10.4. The quantitative estimate of drug-likeness (QED) is 0.573. The van der Waals surface area contributed by atoms with E-state index in [1.807, 2.05) is 25.1 Å². The van der Waals surface area contributed by atoms with Crippen molar-refractivity contribution in [2.45, 2.75) is 52.4 Å². The molecule has 1 aliphatic rings. The summed E-state index contributed by atoms with van der Waals surface area (Å²) in [6.07, 6.45) is 0. The van der Waals surface area contributed by atoms with Gasteiger partial charge in [-0.2, -0.15) is 0 Å². The van der Waals surface area contributed by atoms with Crippen molar-refractivity contribution in [3.63, 3.8) is 0 Å². The first-order valence-corrected chi connectivity index (χ1v) is 7.96. The zero-order valence-electron chi connectivity index (χ0n) is 14.3. The van der Waals surface area contributed by atoms with Crippen LogP contribution in [-0.2, 0) is 25.4 Å². The van der Waals surface area contributed by atoms with Gasteiger partial charge in [-0.25, -0.2) is 0 Å².